The lowest BCUT2D eigenvalue weighted by Crippen LogP contribution is -1.99. The quantitative estimate of drug-likeness (QED) is 0.404. The molecule has 154 valence electrons. The molecule has 0 fully saturated rings. The van der Waals surface area contributed by atoms with Crippen molar-refractivity contribution in [2.45, 2.75) is 13.0 Å². The van der Waals surface area contributed by atoms with Gasteiger partial charge in [0.25, 0.3) is 5.89 Å². The van der Waals surface area contributed by atoms with Gasteiger partial charge in [-0.05, 0) is 36.4 Å². The summed E-state index contributed by atoms with van der Waals surface area (Å²) >= 11 is 5.96. The fraction of sp³-hybridized carbons (Fsp3) is 0.0909. The number of aromatic nitrogens is 4. The molecule has 4 aromatic rings. The van der Waals surface area contributed by atoms with Gasteiger partial charge in [-0.15, -0.1) is 10.2 Å². The molecule has 0 unspecified atom stereocenters. The Morgan fingerprint density at radius 2 is 1.87 bits per heavy atom. The molecule has 0 bridgehead atoms. The highest BCUT2D eigenvalue weighted by molar-refractivity contribution is 6.30. The minimum absolute atomic E-state index is 0.0227. The maximum absolute atomic E-state index is 12.6. The average Bonchev–Trinajstić information content (AvgIpc) is 3.28. The second-order valence-electron chi connectivity index (χ2n) is 6.24. The first-order chi connectivity index (χ1) is 15.1. The number of nitrogens with zero attached hydrogens (tertiary/aromatic N) is 4. The Kier molecular flexibility index (Phi) is 6.15. The summed E-state index contributed by atoms with van der Waals surface area (Å²) in [7, 11) is 0. The lowest BCUT2D eigenvalue weighted by Gasteiger charge is -2.06. The molecular weight excluding hydrogens is 426 g/mol. The number of hydrogen-bond donors (Lipinski definition) is 0. The minimum atomic E-state index is -2.82. The highest BCUT2D eigenvalue weighted by Crippen LogP contribution is 2.23. The van der Waals surface area contributed by atoms with Gasteiger partial charge in [-0.25, -0.2) is 0 Å². The largest absolute Gasteiger partial charge is 0.486 e. The number of alkyl halides is 2. The van der Waals surface area contributed by atoms with Gasteiger partial charge in [0.05, 0.1) is 17.5 Å². The summed E-state index contributed by atoms with van der Waals surface area (Å²) in [4.78, 5) is 8.36. The maximum atomic E-state index is 12.6. The molecule has 1 aromatic carbocycles. The van der Waals surface area contributed by atoms with E-state index < -0.39 is 12.3 Å². The van der Waals surface area contributed by atoms with Crippen molar-refractivity contribution in [2.24, 2.45) is 0 Å². The van der Waals surface area contributed by atoms with Crippen molar-refractivity contribution in [3.05, 3.63) is 88.8 Å². The molecule has 3 aromatic heterocycles. The Labute approximate surface area is 180 Å². The zero-order valence-corrected chi connectivity index (χ0v) is 16.6. The predicted octanol–water partition coefficient (Wildman–Crippen LogP) is 5.10. The molecule has 6 nitrogen and oxygen atoms in total. The van der Waals surface area contributed by atoms with Crippen molar-refractivity contribution in [1.82, 2.24) is 20.2 Å². The van der Waals surface area contributed by atoms with Gasteiger partial charge < -0.3 is 9.15 Å². The highest BCUT2D eigenvalue weighted by atomic mass is 35.5. The van der Waals surface area contributed by atoms with E-state index in [1.165, 1.54) is 6.20 Å². The zero-order valence-electron chi connectivity index (χ0n) is 15.8. The van der Waals surface area contributed by atoms with Gasteiger partial charge >= 0.3 is 6.43 Å². The van der Waals surface area contributed by atoms with E-state index >= 15 is 0 Å². The first-order valence-electron chi connectivity index (χ1n) is 8.99. The summed E-state index contributed by atoms with van der Waals surface area (Å²) in [5.74, 6) is 5.82. The molecule has 3 heterocycles. The molecule has 0 saturated heterocycles. The third kappa shape index (κ3) is 5.41. The Bertz CT molecular complexity index is 1250. The number of pyridine rings is 2. The molecule has 4 rings (SSSR count). The predicted molar refractivity (Wildman–Crippen MR) is 108 cm³/mol. The zero-order chi connectivity index (χ0) is 21.6. The standard InChI is InChI=1S/C22H13ClF2N4O2/c23-17-3-1-2-14(8-17)4-5-15-9-19(12-26-10-15)30-13-18-7-6-16(11-27-18)21-28-29-22(31-21)20(24)25/h1-3,6-12,20H,13H2. The number of ether oxygens (including phenoxy) is 1. The molecule has 0 amide bonds. The summed E-state index contributed by atoms with van der Waals surface area (Å²) in [6, 6.07) is 12.3. The van der Waals surface area contributed by atoms with E-state index in [0.29, 0.717) is 27.6 Å². The van der Waals surface area contributed by atoms with Crippen LogP contribution in [0.5, 0.6) is 5.75 Å². The molecule has 0 spiro atoms. The van der Waals surface area contributed by atoms with Crippen molar-refractivity contribution in [2.75, 3.05) is 0 Å². The molecular formula is C22H13ClF2N4O2. The summed E-state index contributed by atoms with van der Waals surface area (Å²) in [6.07, 6.45) is 1.84. The topological polar surface area (TPSA) is 73.9 Å². The van der Waals surface area contributed by atoms with Crippen LogP contribution in [0.2, 0.25) is 5.02 Å². The van der Waals surface area contributed by atoms with Gasteiger partial charge in [0.2, 0.25) is 5.89 Å². The van der Waals surface area contributed by atoms with Crippen LogP contribution in [-0.2, 0) is 6.61 Å². The molecule has 0 radical (unpaired) electrons. The fourth-order valence-electron chi connectivity index (χ4n) is 2.51. The summed E-state index contributed by atoms with van der Waals surface area (Å²) < 4.78 is 35.7. The molecule has 0 N–H and O–H groups in total. The second-order valence-corrected chi connectivity index (χ2v) is 6.68. The van der Waals surface area contributed by atoms with Gasteiger partial charge in [0.15, 0.2) is 0 Å². The SMILES string of the molecule is FC(F)c1nnc(-c2ccc(COc3cncc(C#Cc4cccc(Cl)c4)c3)nc2)o1. The van der Waals surface area contributed by atoms with E-state index in [1.54, 1.807) is 42.7 Å². The Hall–Kier alpha value is -3.83. The van der Waals surface area contributed by atoms with Gasteiger partial charge in [-0.2, -0.15) is 8.78 Å². The lowest BCUT2D eigenvalue weighted by molar-refractivity contribution is 0.116. The van der Waals surface area contributed by atoms with Gasteiger partial charge in [-0.3, -0.25) is 9.97 Å². The Morgan fingerprint density at radius 3 is 2.61 bits per heavy atom. The molecule has 0 aliphatic carbocycles. The van der Waals surface area contributed by atoms with Crippen LogP contribution in [0.15, 0.2) is 65.5 Å². The number of benzene rings is 1. The first-order valence-corrected chi connectivity index (χ1v) is 9.37. The van der Waals surface area contributed by atoms with Crippen LogP contribution in [-0.4, -0.2) is 20.2 Å². The van der Waals surface area contributed by atoms with E-state index in [1.807, 2.05) is 12.1 Å². The highest BCUT2D eigenvalue weighted by Gasteiger charge is 2.17. The third-order valence-electron chi connectivity index (χ3n) is 3.97. The van der Waals surface area contributed by atoms with E-state index in [2.05, 4.69) is 32.0 Å². The molecule has 9 heteroatoms. The van der Waals surface area contributed by atoms with Crippen molar-refractivity contribution in [3.8, 4) is 29.0 Å². The van der Waals surface area contributed by atoms with Crippen molar-refractivity contribution in [3.63, 3.8) is 0 Å². The minimum Gasteiger partial charge on any atom is -0.486 e. The summed E-state index contributed by atoms with van der Waals surface area (Å²) in [5, 5.41) is 7.50. The number of halogens is 3. The maximum Gasteiger partial charge on any atom is 0.314 e. The van der Waals surface area contributed by atoms with Crippen LogP contribution in [0.1, 0.15) is 29.1 Å². The van der Waals surface area contributed by atoms with Gasteiger partial charge in [-0.1, -0.05) is 29.5 Å². The summed E-state index contributed by atoms with van der Waals surface area (Å²) in [6.45, 7) is 0.180. The molecule has 0 atom stereocenters. The molecule has 31 heavy (non-hydrogen) atoms. The Balaban J connectivity index is 1.40. The molecule has 0 saturated carbocycles. The lowest BCUT2D eigenvalue weighted by atomic mass is 10.2. The van der Waals surface area contributed by atoms with Crippen LogP contribution in [0.3, 0.4) is 0 Å². The van der Waals surface area contributed by atoms with Crippen LogP contribution in [0.25, 0.3) is 11.5 Å². The number of rotatable bonds is 5. The van der Waals surface area contributed by atoms with E-state index in [0.717, 1.165) is 5.56 Å². The smallest absolute Gasteiger partial charge is 0.314 e. The second kappa shape index (κ2) is 9.32. The van der Waals surface area contributed by atoms with Crippen molar-refractivity contribution in [1.29, 1.82) is 0 Å². The van der Waals surface area contributed by atoms with Crippen molar-refractivity contribution >= 4 is 11.6 Å². The number of hydrogen-bond acceptors (Lipinski definition) is 6. The fourth-order valence-corrected chi connectivity index (χ4v) is 2.70. The van der Waals surface area contributed by atoms with E-state index in [9.17, 15) is 8.78 Å². The van der Waals surface area contributed by atoms with Gasteiger partial charge in [0, 0.05) is 28.5 Å². The van der Waals surface area contributed by atoms with Crippen LogP contribution in [0.4, 0.5) is 8.78 Å². The first kappa shape index (κ1) is 20.4. The third-order valence-corrected chi connectivity index (χ3v) is 4.21. The van der Waals surface area contributed by atoms with Crippen LogP contribution >= 0.6 is 11.6 Å². The Morgan fingerprint density at radius 1 is 1.00 bits per heavy atom. The normalized spacial score (nSPS) is 10.6. The van der Waals surface area contributed by atoms with Crippen LogP contribution < -0.4 is 4.74 Å². The van der Waals surface area contributed by atoms with Crippen LogP contribution in [0, 0.1) is 11.8 Å². The van der Waals surface area contributed by atoms with Gasteiger partial charge in [0.1, 0.15) is 12.4 Å². The van der Waals surface area contributed by atoms with E-state index in [-0.39, 0.29) is 12.5 Å². The molecule has 0 aliphatic heterocycles. The monoisotopic (exact) mass is 438 g/mol. The summed E-state index contributed by atoms with van der Waals surface area (Å²) in [5.41, 5.74) is 2.54. The molecule has 0 aliphatic rings. The van der Waals surface area contributed by atoms with Crippen molar-refractivity contribution < 1.29 is 17.9 Å². The average molecular weight is 439 g/mol. The van der Waals surface area contributed by atoms with E-state index in [4.69, 9.17) is 20.8 Å².